The molecule has 0 spiro atoms. The Labute approximate surface area is 114 Å². The maximum Gasteiger partial charge on any atom is 0.132 e. The van der Waals surface area contributed by atoms with Crippen LogP contribution in [0.15, 0.2) is 18.2 Å². The van der Waals surface area contributed by atoms with E-state index in [0.29, 0.717) is 17.2 Å². The molecule has 0 unspecified atom stereocenters. The molecule has 0 atom stereocenters. The summed E-state index contributed by atoms with van der Waals surface area (Å²) in [5.41, 5.74) is -0.449. The molecule has 1 aromatic rings. The molecule has 4 heteroatoms. The van der Waals surface area contributed by atoms with Gasteiger partial charge in [0.25, 0.3) is 0 Å². The summed E-state index contributed by atoms with van der Waals surface area (Å²) in [4.78, 5) is 0. The van der Waals surface area contributed by atoms with Crippen LogP contribution < -0.4 is 14.2 Å². The topological polar surface area (TPSA) is 47.9 Å². The molecule has 1 saturated carbocycles. The predicted molar refractivity (Wildman–Crippen MR) is 73.1 cm³/mol. The van der Waals surface area contributed by atoms with Gasteiger partial charge in [-0.3, -0.25) is 0 Å². The fraction of sp³-hybridized carbons (Fsp3) is 0.600. The summed E-state index contributed by atoms with van der Waals surface area (Å²) in [6, 6.07) is 5.46. The van der Waals surface area contributed by atoms with Gasteiger partial charge in [0.2, 0.25) is 0 Å². The summed E-state index contributed by atoms with van der Waals surface area (Å²) >= 11 is 0. The molecule has 2 rings (SSSR count). The second-order valence-corrected chi connectivity index (χ2v) is 5.05. The van der Waals surface area contributed by atoms with E-state index in [2.05, 4.69) is 0 Å². The number of benzene rings is 1. The van der Waals surface area contributed by atoms with E-state index in [1.807, 2.05) is 12.1 Å². The molecule has 1 aromatic carbocycles. The van der Waals surface area contributed by atoms with Crippen molar-refractivity contribution < 1.29 is 19.3 Å². The Morgan fingerprint density at radius 1 is 0.947 bits per heavy atom. The maximum atomic E-state index is 9.67. The number of rotatable bonds is 5. The van der Waals surface area contributed by atoms with E-state index in [4.69, 9.17) is 14.2 Å². The molecule has 0 aromatic heterocycles. The van der Waals surface area contributed by atoms with E-state index >= 15 is 0 Å². The number of hydrogen-bond donors (Lipinski definition) is 1. The third kappa shape index (κ3) is 3.32. The molecule has 0 aliphatic heterocycles. The Bertz CT molecular complexity index is 388. The number of ether oxygens (including phenoxy) is 3. The summed E-state index contributed by atoms with van der Waals surface area (Å²) in [6.45, 7) is 0.0481. The molecule has 0 saturated heterocycles. The molecule has 0 radical (unpaired) electrons. The van der Waals surface area contributed by atoms with Crippen LogP contribution in [0.1, 0.15) is 32.1 Å². The van der Waals surface area contributed by atoms with E-state index in [9.17, 15) is 5.11 Å². The monoisotopic (exact) mass is 266 g/mol. The van der Waals surface area contributed by atoms with Crippen LogP contribution in [0.25, 0.3) is 0 Å². The molecule has 0 amide bonds. The van der Waals surface area contributed by atoms with Crippen LogP contribution in [-0.2, 0) is 0 Å². The van der Waals surface area contributed by atoms with Gasteiger partial charge in [-0.1, -0.05) is 6.42 Å². The highest BCUT2D eigenvalue weighted by molar-refractivity contribution is 5.42. The van der Waals surface area contributed by atoms with Gasteiger partial charge >= 0.3 is 0 Å². The van der Waals surface area contributed by atoms with Crippen LogP contribution in [0, 0.1) is 0 Å². The van der Waals surface area contributed by atoms with Gasteiger partial charge < -0.3 is 19.3 Å². The highest BCUT2D eigenvalue weighted by atomic mass is 16.5. The molecule has 4 nitrogen and oxygen atoms in total. The van der Waals surface area contributed by atoms with Crippen LogP contribution >= 0.6 is 0 Å². The van der Waals surface area contributed by atoms with Crippen molar-refractivity contribution in [2.24, 2.45) is 0 Å². The first-order chi connectivity index (χ1) is 9.21. The Morgan fingerprint density at radius 2 is 1.47 bits per heavy atom. The van der Waals surface area contributed by atoms with Crippen LogP contribution in [0.2, 0.25) is 0 Å². The molecule has 19 heavy (non-hydrogen) atoms. The van der Waals surface area contributed by atoms with E-state index in [-0.39, 0.29) is 6.61 Å². The van der Waals surface area contributed by atoms with Crippen molar-refractivity contribution >= 4 is 0 Å². The average Bonchev–Trinajstić information content (AvgIpc) is 2.47. The third-order valence-corrected chi connectivity index (χ3v) is 3.71. The fourth-order valence-electron chi connectivity index (χ4n) is 2.58. The van der Waals surface area contributed by atoms with E-state index in [1.165, 1.54) is 6.42 Å². The first-order valence-electron chi connectivity index (χ1n) is 6.74. The standard InChI is InChI=1S/C15H22O4/c1-17-12-8-13(18-2)10-14(9-12)19-15(11-16)6-4-3-5-7-15/h8-10,16H,3-7,11H2,1-2H3. The SMILES string of the molecule is COc1cc(OC)cc(OC2(CO)CCCCC2)c1. The van der Waals surface area contributed by atoms with Gasteiger partial charge in [-0.15, -0.1) is 0 Å². The van der Waals surface area contributed by atoms with Crippen molar-refractivity contribution in [3.63, 3.8) is 0 Å². The zero-order chi connectivity index (χ0) is 13.7. The second kappa shape index (κ2) is 6.15. The number of aliphatic hydroxyl groups is 1. The first-order valence-corrected chi connectivity index (χ1v) is 6.74. The number of hydrogen-bond acceptors (Lipinski definition) is 4. The molecule has 1 aliphatic carbocycles. The lowest BCUT2D eigenvalue weighted by Gasteiger charge is -2.36. The van der Waals surface area contributed by atoms with Gasteiger partial charge in [0.1, 0.15) is 22.8 Å². The number of aliphatic hydroxyl groups excluding tert-OH is 1. The van der Waals surface area contributed by atoms with Crippen molar-refractivity contribution in [2.75, 3.05) is 20.8 Å². The average molecular weight is 266 g/mol. The summed E-state index contributed by atoms with van der Waals surface area (Å²) < 4.78 is 16.5. The third-order valence-electron chi connectivity index (χ3n) is 3.71. The minimum Gasteiger partial charge on any atom is -0.496 e. The minimum atomic E-state index is -0.449. The zero-order valence-corrected chi connectivity index (χ0v) is 11.6. The Morgan fingerprint density at radius 3 is 1.95 bits per heavy atom. The summed E-state index contributed by atoms with van der Waals surface area (Å²) in [5, 5.41) is 9.67. The van der Waals surface area contributed by atoms with Crippen LogP contribution in [0.5, 0.6) is 17.2 Å². The largest absolute Gasteiger partial charge is 0.496 e. The lowest BCUT2D eigenvalue weighted by Crippen LogP contribution is -2.41. The predicted octanol–water partition coefficient (Wildman–Crippen LogP) is 2.78. The molecule has 1 fully saturated rings. The van der Waals surface area contributed by atoms with Crippen molar-refractivity contribution in [3.05, 3.63) is 18.2 Å². The molecule has 1 N–H and O–H groups in total. The van der Waals surface area contributed by atoms with Crippen LogP contribution in [0.3, 0.4) is 0 Å². The smallest absolute Gasteiger partial charge is 0.132 e. The molecular formula is C15H22O4. The van der Waals surface area contributed by atoms with Gasteiger partial charge in [0.05, 0.1) is 20.8 Å². The van der Waals surface area contributed by atoms with Gasteiger partial charge in [-0.25, -0.2) is 0 Å². The summed E-state index contributed by atoms with van der Waals surface area (Å²) in [5.74, 6) is 2.07. The van der Waals surface area contributed by atoms with Gasteiger partial charge in [0, 0.05) is 18.2 Å². The van der Waals surface area contributed by atoms with Crippen molar-refractivity contribution in [2.45, 2.75) is 37.7 Å². The quantitative estimate of drug-likeness (QED) is 0.890. The Hall–Kier alpha value is -1.42. The Balaban J connectivity index is 2.20. The lowest BCUT2D eigenvalue weighted by atomic mass is 9.85. The van der Waals surface area contributed by atoms with Gasteiger partial charge in [0.15, 0.2) is 0 Å². The highest BCUT2D eigenvalue weighted by Crippen LogP contribution is 2.35. The van der Waals surface area contributed by atoms with Crippen molar-refractivity contribution in [3.8, 4) is 17.2 Å². The van der Waals surface area contributed by atoms with Crippen molar-refractivity contribution in [1.82, 2.24) is 0 Å². The molecule has 0 bridgehead atoms. The molecule has 106 valence electrons. The first kappa shape index (κ1) is 14.0. The van der Waals surface area contributed by atoms with Gasteiger partial charge in [-0.2, -0.15) is 0 Å². The highest BCUT2D eigenvalue weighted by Gasteiger charge is 2.33. The normalized spacial score (nSPS) is 17.8. The molecular weight excluding hydrogens is 244 g/mol. The van der Waals surface area contributed by atoms with Crippen molar-refractivity contribution in [1.29, 1.82) is 0 Å². The fourth-order valence-corrected chi connectivity index (χ4v) is 2.58. The molecule has 1 aliphatic rings. The zero-order valence-electron chi connectivity index (χ0n) is 11.6. The summed E-state index contributed by atoms with van der Waals surface area (Å²) in [6.07, 6.45) is 5.20. The second-order valence-electron chi connectivity index (χ2n) is 5.05. The summed E-state index contributed by atoms with van der Waals surface area (Å²) in [7, 11) is 3.22. The Kier molecular flexibility index (Phi) is 4.53. The number of methoxy groups -OCH3 is 2. The van der Waals surface area contributed by atoms with E-state index in [1.54, 1.807) is 20.3 Å². The van der Waals surface area contributed by atoms with E-state index in [0.717, 1.165) is 25.7 Å². The lowest BCUT2D eigenvalue weighted by molar-refractivity contribution is -0.0200. The maximum absolute atomic E-state index is 9.67. The molecule has 0 heterocycles. The minimum absolute atomic E-state index is 0.0481. The van der Waals surface area contributed by atoms with E-state index < -0.39 is 5.60 Å². The van der Waals surface area contributed by atoms with Crippen LogP contribution in [-0.4, -0.2) is 31.5 Å². The van der Waals surface area contributed by atoms with Gasteiger partial charge in [-0.05, 0) is 25.7 Å². The van der Waals surface area contributed by atoms with Crippen LogP contribution in [0.4, 0.5) is 0 Å².